The highest BCUT2D eigenvalue weighted by Gasteiger charge is 2.09. The van der Waals surface area contributed by atoms with Gasteiger partial charge in [0.1, 0.15) is 0 Å². The Morgan fingerprint density at radius 2 is 1.52 bits per heavy atom. The number of nitrogens with zero attached hydrogens (tertiary/aromatic N) is 1. The van der Waals surface area contributed by atoms with E-state index >= 15 is 0 Å². The Labute approximate surface area is 145 Å². The van der Waals surface area contributed by atoms with Crippen LogP contribution in [-0.4, -0.2) is 30.8 Å². The summed E-state index contributed by atoms with van der Waals surface area (Å²) in [5.74, 6) is -0.322. The first-order valence-corrected chi connectivity index (χ1v) is 7.67. The Morgan fingerprint density at radius 3 is 2.04 bits per heavy atom. The van der Waals surface area contributed by atoms with E-state index in [9.17, 15) is 9.59 Å². The van der Waals surface area contributed by atoms with Gasteiger partial charge in [0, 0.05) is 41.8 Å². The summed E-state index contributed by atoms with van der Waals surface area (Å²) < 4.78 is 0. The van der Waals surface area contributed by atoms with Gasteiger partial charge in [-0.1, -0.05) is 35.3 Å². The van der Waals surface area contributed by atoms with E-state index in [1.54, 1.807) is 44.4 Å². The van der Waals surface area contributed by atoms with Crippen molar-refractivity contribution in [3.63, 3.8) is 0 Å². The van der Waals surface area contributed by atoms with Gasteiger partial charge in [0.05, 0.1) is 0 Å². The molecule has 2 amide bonds. The van der Waals surface area contributed by atoms with Crippen LogP contribution in [0.5, 0.6) is 0 Å². The fraction of sp³-hybridized carbons (Fsp3) is 0.176. The van der Waals surface area contributed by atoms with Crippen molar-refractivity contribution >= 4 is 35.0 Å². The second-order valence-corrected chi connectivity index (χ2v) is 6.11. The summed E-state index contributed by atoms with van der Waals surface area (Å²) >= 11 is 11.8. The highest BCUT2D eigenvalue weighted by atomic mass is 35.5. The Morgan fingerprint density at radius 1 is 0.957 bits per heavy atom. The molecule has 0 heterocycles. The number of carbonyl (C=O) groups is 2. The van der Waals surface area contributed by atoms with Crippen LogP contribution in [0.2, 0.25) is 10.0 Å². The van der Waals surface area contributed by atoms with Crippen molar-refractivity contribution < 1.29 is 9.59 Å². The van der Waals surface area contributed by atoms with E-state index in [-0.39, 0.29) is 11.8 Å². The number of hydrogen-bond acceptors (Lipinski definition) is 2. The summed E-state index contributed by atoms with van der Waals surface area (Å²) in [6, 6.07) is 11.8. The van der Waals surface area contributed by atoms with Gasteiger partial charge in [0.15, 0.2) is 0 Å². The molecule has 0 bridgehead atoms. The maximum Gasteiger partial charge on any atom is 0.253 e. The van der Waals surface area contributed by atoms with Crippen LogP contribution in [-0.2, 0) is 6.54 Å². The minimum absolute atomic E-state index is 0.0610. The van der Waals surface area contributed by atoms with Gasteiger partial charge in [-0.25, -0.2) is 0 Å². The SMILES string of the molecule is CN(C)C(=O)c1ccc(CNC(=O)c2cc(Cl)cc(Cl)c2)cc1. The standard InChI is InChI=1S/C17H16Cl2N2O2/c1-21(2)17(23)12-5-3-11(4-6-12)10-20-16(22)13-7-14(18)9-15(19)8-13/h3-9H,10H2,1-2H3,(H,20,22). The molecule has 4 nitrogen and oxygen atoms in total. The third-order valence-electron chi connectivity index (χ3n) is 3.18. The molecule has 2 aromatic rings. The van der Waals surface area contributed by atoms with Crippen LogP contribution in [0.4, 0.5) is 0 Å². The zero-order valence-electron chi connectivity index (χ0n) is 12.8. The van der Waals surface area contributed by atoms with E-state index in [0.29, 0.717) is 27.7 Å². The molecule has 0 spiro atoms. The van der Waals surface area contributed by atoms with Crippen LogP contribution >= 0.6 is 23.2 Å². The Hall–Kier alpha value is -2.04. The largest absolute Gasteiger partial charge is 0.348 e. The third-order valence-corrected chi connectivity index (χ3v) is 3.62. The van der Waals surface area contributed by atoms with Gasteiger partial charge in [-0.2, -0.15) is 0 Å². The van der Waals surface area contributed by atoms with Gasteiger partial charge in [0.25, 0.3) is 11.8 Å². The molecule has 0 atom stereocenters. The smallest absolute Gasteiger partial charge is 0.253 e. The molecule has 0 radical (unpaired) electrons. The van der Waals surface area contributed by atoms with Gasteiger partial charge < -0.3 is 10.2 Å². The Balaban J connectivity index is 2.00. The van der Waals surface area contributed by atoms with Crippen LogP contribution in [0.1, 0.15) is 26.3 Å². The molecular formula is C17H16Cl2N2O2. The number of amides is 2. The van der Waals surface area contributed by atoms with Gasteiger partial charge in [-0.3, -0.25) is 9.59 Å². The van der Waals surface area contributed by atoms with Crippen molar-refractivity contribution in [3.8, 4) is 0 Å². The fourth-order valence-corrected chi connectivity index (χ4v) is 2.52. The average molecular weight is 351 g/mol. The maximum absolute atomic E-state index is 12.1. The van der Waals surface area contributed by atoms with Crippen molar-refractivity contribution in [2.45, 2.75) is 6.54 Å². The first-order chi connectivity index (χ1) is 10.9. The summed E-state index contributed by atoms with van der Waals surface area (Å²) in [6.07, 6.45) is 0. The van der Waals surface area contributed by atoms with E-state index in [1.807, 2.05) is 12.1 Å². The van der Waals surface area contributed by atoms with E-state index < -0.39 is 0 Å². The molecule has 2 rings (SSSR count). The summed E-state index contributed by atoms with van der Waals surface area (Å²) in [4.78, 5) is 25.4. The number of carbonyl (C=O) groups excluding carboxylic acids is 2. The highest BCUT2D eigenvalue weighted by molar-refractivity contribution is 6.35. The van der Waals surface area contributed by atoms with Crippen molar-refractivity contribution in [2.24, 2.45) is 0 Å². The average Bonchev–Trinajstić information content (AvgIpc) is 2.51. The van der Waals surface area contributed by atoms with Gasteiger partial charge >= 0.3 is 0 Å². The van der Waals surface area contributed by atoms with Crippen molar-refractivity contribution in [1.29, 1.82) is 0 Å². The van der Waals surface area contributed by atoms with Crippen molar-refractivity contribution in [1.82, 2.24) is 10.2 Å². The first kappa shape index (κ1) is 17.3. The van der Waals surface area contributed by atoms with Crippen LogP contribution < -0.4 is 5.32 Å². The predicted octanol–water partition coefficient (Wildman–Crippen LogP) is 3.63. The zero-order chi connectivity index (χ0) is 17.0. The maximum atomic E-state index is 12.1. The summed E-state index contributed by atoms with van der Waals surface area (Å²) in [7, 11) is 3.40. The molecule has 0 aliphatic carbocycles. The van der Waals surface area contributed by atoms with E-state index in [0.717, 1.165) is 5.56 Å². The number of benzene rings is 2. The lowest BCUT2D eigenvalue weighted by atomic mass is 10.1. The van der Waals surface area contributed by atoms with E-state index in [1.165, 1.54) is 4.90 Å². The minimum atomic E-state index is -0.261. The Kier molecular flexibility index (Phi) is 5.64. The second-order valence-electron chi connectivity index (χ2n) is 5.24. The van der Waals surface area contributed by atoms with E-state index in [4.69, 9.17) is 23.2 Å². The van der Waals surface area contributed by atoms with Crippen molar-refractivity contribution in [2.75, 3.05) is 14.1 Å². The molecule has 0 aliphatic heterocycles. The molecule has 6 heteroatoms. The Bertz CT molecular complexity index is 708. The minimum Gasteiger partial charge on any atom is -0.348 e. The number of hydrogen-bond donors (Lipinski definition) is 1. The number of rotatable bonds is 4. The molecule has 1 N–H and O–H groups in total. The highest BCUT2D eigenvalue weighted by Crippen LogP contribution is 2.19. The quantitative estimate of drug-likeness (QED) is 0.915. The van der Waals surface area contributed by atoms with Crippen LogP contribution in [0.3, 0.4) is 0 Å². The molecule has 0 fully saturated rings. The third kappa shape index (κ3) is 4.71. The van der Waals surface area contributed by atoms with E-state index in [2.05, 4.69) is 5.32 Å². The summed E-state index contributed by atoms with van der Waals surface area (Å²) in [5, 5.41) is 3.61. The zero-order valence-corrected chi connectivity index (χ0v) is 14.3. The lowest BCUT2D eigenvalue weighted by Gasteiger charge is -2.11. The molecule has 23 heavy (non-hydrogen) atoms. The summed E-state index contributed by atoms with van der Waals surface area (Å²) in [6.45, 7) is 0.347. The van der Waals surface area contributed by atoms with Crippen LogP contribution in [0.15, 0.2) is 42.5 Å². The topological polar surface area (TPSA) is 49.4 Å². The lowest BCUT2D eigenvalue weighted by molar-refractivity contribution is 0.0827. The normalized spacial score (nSPS) is 10.3. The molecule has 0 aromatic heterocycles. The van der Waals surface area contributed by atoms with Gasteiger partial charge in [-0.15, -0.1) is 0 Å². The molecule has 0 unspecified atom stereocenters. The monoisotopic (exact) mass is 350 g/mol. The second kappa shape index (κ2) is 7.49. The number of halogens is 2. The molecule has 0 saturated heterocycles. The number of nitrogens with one attached hydrogen (secondary N) is 1. The van der Waals surface area contributed by atoms with Gasteiger partial charge in [-0.05, 0) is 35.9 Å². The van der Waals surface area contributed by atoms with Crippen LogP contribution in [0, 0.1) is 0 Å². The fourth-order valence-electron chi connectivity index (χ4n) is 1.99. The molecule has 2 aromatic carbocycles. The lowest BCUT2D eigenvalue weighted by Crippen LogP contribution is -2.23. The first-order valence-electron chi connectivity index (χ1n) is 6.91. The molecule has 0 saturated carbocycles. The van der Waals surface area contributed by atoms with Crippen molar-refractivity contribution in [3.05, 3.63) is 69.2 Å². The predicted molar refractivity (Wildman–Crippen MR) is 92.1 cm³/mol. The molecule has 120 valence electrons. The van der Waals surface area contributed by atoms with Gasteiger partial charge in [0.2, 0.25) is 0 Å². The molecular weight excluding hydrogens is 335 g/mol. The summed E-state index contributed by atoms with van der Waals surface area (Å²) in [5.41, 5.74) is 1.90. The molecule has 0 aliphatic rings. The van der Waals surface area contributed by atoms with Crippen LogP contribution in [0.25, 0.3) is 0 Å².